The molecule has 0 bridgehead atoms. The Labute approximate surface area is 162 Å². The second-order valence-electron chi connectivity index (χ2n) is 5.82. The number of benzene rings is 2. The first-order chi connectivity index (χ1) is 12.6. The summed E-state index contributed by atoms with van der Waals surface area (Å²) < 4.78 is 28.9. The van der Waals surface area contributed by atoms with Gasteiger partial charge >= 0.3 is 0 Å². The first-order valence-electron chi connectivity index (χ1n) is 7.81. The Balaban J connectivity index is 2.16. The van der Waals surface area contributed by atoms with E-state index in [0.717, 1.165) is 11.2 Å². The number of methoxy groups -OCH3 is 1. The molecule has 2 aromatic rings. The molecule has 0 aliphatic heterocycles. The second kappa shape index (κ2) is 8.41. The Morgan fingerprint density at radius 1 is 1.19 bits per heavy atom. The summed E-state index contributed by atoms with van der Waals surface area (Å²) in [5.74, 6) is -0.642. The van der Waals surface area contributed by atoms with Gasteiger partial charge in [-0.05, 0) is 30.3 Å². The summed E-state index contributed by atoms with van der Waals surface area (Å²) in [5, 5.41) is 3.04. The summed E-state index contributed by atoms with van der Waals surface area (Å²) in [7, 11) is -0.714. The molecule has 0 saturated carbocycles. The number of sulfone groups is 1. The third-order valence-electron chi connectivity index (χ3n) is 3.68. The van der Waals surface area contributed by atoms with Crippen molar-refractivity contribution in [1.29, 1.82) is 0 Å². The molecule has 0 heterocycles. The van der Waals surface area contributed by atoms with E-state index in [4.69, 9.17) is 16.3 Å². The number of anilines is 1. The molecule has 0 unspecified atom stereocenters. The van der Waals surface area contributed by atoms with E-state index in [1.165, 1.54) is 38.4 Å². The predicted octanol–water partition coefficient (Wildman–Crippen LogP) is 2.46. The second-order valence-corrected chi connectivity index (χ2v) is 8.24. The van der Waals surface area contributed by atoms with E-state index in [0.29, 0.717) is 16.5 Å². The normalized spacial score (nSPS) is 11.0. The lowest BCUT2D eigenvalue weighted by Gasteiger charge is -2.19. The highest BCUT2D eigenvalue weighted by molar-refractivity contribution is 7.90. The number of hydrogen-bond acceptors (Lipinski definition) is 5. The topological polar surface area (TPSA) is 92.8 Å². The average molecular weight is 411 g/mol. The smallest absolute Gasteiger partial charge is 0.255 e. The van der Waals surface area contributed by atoms with Gasteiger partial charge in [0.1, 0.15) is 5.75 Å². The van der Waals surface area contributed by atoms with Gasteiger partial charge < -0.3 is 15.0 Å². The summed E-state index contributed by atoms with van der Waals surface area (Å²) in [5.41, 5.74) is 0.378. The van der Waals surface area contributed by atoms with Crippen molar-refractivity contribution in [3.8, 4) is 5.75 Å². The van der Waals surface area contributed by atoms with Crippen molar-refractivity contribution in [1.82, 2.24) is 4.90 Å². The van der Waals surface area contributed by atoms with Crippen LogP contribution < -0.4 is 10.1 Å². The quantitative estimate of drug-likeness (QED) is 0.789. The summed E-state index contributed by atoms with van der Waals surface area (Å²) in [6, 6.07) is 10.6. The molecule has 1 N–H and O–H groups in total. The Bertz CT molecular complexity index is 975. The molecule has 0 fully saturated rings. The lowest BCUT2D eigenvalue weighted by atomic mass is 10.2. The highest BCUT2D eigenvalue weighted by atomic mass is 35.5. The maximum Gasteiger partial charge on any atom is 0.255 e. The third kappa shape index (κ3) is 5.21. The van der Waals surface area contributed by atoms with Crippen LogP contribution in [-0.2, 0) is 14.6 Å². The highest BCUT2D eigenvalue weighted by Gasteiger charge is 2.22. The molecule has 9 heteroatoms. The molecule has 27 heavy (non-hydrogen) atoms. The van der Waals surface area contributed by atoms with Crippen LogP contribution in [0.4, 0.5) is 5.69 Å². The summed E-state index contributed by atoms with van der Waals surface area (Å²) in [4.78, 5) is 26.0. The number of halogens is 1. The molecule has 0 spiro atoms. The number of likely N-dealkylation sites (N-methyl/N-ethyl adjacent to an activating group) is 1. The van der Waals surface area contributed by atoms with Crippen molar-refractivity contribution in [2.75, 3.05) is 32.3 Å². The number of carbonyl (C=O) groups excluding carboxylic acids is 2. The van der Waals surface area contributed by atoms with Crippen molar-refractivity contribution >= 4 is 38.9 Å². The first kappa shape index (κ1) is 20.7. The fourth-order valence-electron chi connectivity index (χ4n) is 2.43. The van der Waals surface area contributed by atoms with Gasteiger partial charge in [0.05, 0.1) is 29.8 Å². The monoisotopic (exact) mass is 410 g/mol. The minimum atomic E-state index is -3.58. The van der Waals surface area contributed by atoms with Crippen LogP contribution in [-0.4, -0.2) is 52.1 Å². The number of nitrogens with zero attached hydrogens (tertiary/aromatic N) is 1. The zero-order chi connectivity index (χ0) is 20.2. The van der Waals surface area contributed by atoms with Crippen LogP contribution in [0.3, 0.4) is 0 Å². The van der Waals surface area contributed by atoms with Gasteiger partial charge in [0.25, 0.3) is 5.91 Å². The molecular formula is C18H19ClN2O5S. The molecule has 2 amide bonds. The van der Waals surface area contributed by atoms with Crippen molar-refractivity contribution in [3.63, 3.8) is 0 Å². The van der Waals surface area contributed by atoms with E-state index in [1.54, 1.807) is 18.2 Å². The standard InChI is InChI=1S/C18H19ClN2O5S/c1-21(18(23)13-6-4-5-7-16(13)27(3,24)25)11-17(22)20-14-10-12(19)8-9-15(14)26-2/h4-10H,11H2,1-3H3,(H,20,22). The molecule has 2 rings (SSSR count). The SMILES string of the molecule is COc1ccc(Cl)cc1NC(=O)CN(C)C(=O)c1ccccc1S(C)(=O)=O. The average Bonchev–Trinajstić information content (AvgIpc) is 2.60. The van der Waals surface area contributed by atoms with Crippen LogP contribution >= 0.6 is 11.6 Å². The van der Waals surface area contributed by atoms with E-state index in [9.17, 15) is 18.0 Å². The first-order valence-corrected chi connectivity index (χ1v) is 10.1. The number of amides is 2. The van der Waals surface area contributed by atoms with Gasteiger partial charge in [0.2, 0.25) is 5.91 Å². The fourth-order valence-corrected chi connectivity index (χ4v) is 3.48. The summed E-state index contributed by atoms with van der Waals surface area (Å²) >= 11 is 5.93. The number of rotatable bonds is 6. The molecule has 7 nitrogen and oxygen atoms in total. The van der Waals surface area contributed by atoms with Crippen molar-refractivity contribution < 1.29 is 22.7 Å². The molecule has 2 aromatic carbocycles. The summed E-state index contributed by atoms with van der Waals surface area (Å²) in [6.45, 7) is -0.285. The van der Waals surface area contributed by atoms with Gasteiger partial charge in [-0.15, -0.1) is 0 Å². The van der Waals surface area contributed by atoms with E-state index in [2.05, 4.69) is 5.32 Å². The molecule has 0 atom stereocenters. The van der Waals surface area contributed by atoms with E-state index in [-0.39, 0.29) is 17.0 Å². The van der Waals surface area contributed by atoms with E-state index in [1.807, 2.05) is 0 Å². The largest absolute Gasteiger partial charge is 0.495 e. The number of ether oxygens (including phenoxy) is 1. The zero-order valence-electron chi connectivity index (χ0n) is 15.0. The van der Waals surface area contributed by atoms with Crippen LogP contribution in [0.5, 0.6) is 5.75 Å². The Kier molecular flexibility index (Phi) is 6.45. The third-order valence-corrected chi connectivity index (χ3v) is 5.07. The van der Waals surface area contributed by atoms with Crippen molar-refractivity contribution in [2.24, 2.45) is 0 Å². The lowest BCUT2D eigenvalue weighted by Crippen LogP contribution is -2.35. The molecule has 0 aliphatic rings. The van der Waals surface area contributed by atoms with Gasteiger partial charge in [-0.3, -0.25) is 9.59 Å². The lowest BCUT2D eigenvalue weighted by molar-refractivity contribution is -0.116. The molecule has 144 valence electrons. The van der Waals surface area contributed by atoms with Crippen molar-refractivity contribution in [2.45, 2.75) is 4.90 Å². The van der Waals surface area contributed by atoms with E-state index >= 15 is 0 Å². The molecule has 0 aliphatic carbocycles. The van der Waals surface area contributed by atoms with Crippen LogP contribution in [0.1, 0.15) is 10.4 Å². The number of nitrogens with one attached hydrogen (secondary N) is 1. The highest BCUT2D eigenvalue weighted by Crippen LogP contribution is 2.27. The Hall–Kier alpha value is -2.58. The molecule has 0 aromatic heterocycles. The Morgan fingerprint density at radius 2 is 1.85 bits per heavy atom. The van der Waals surface area contributed by atoms with Crippen LogP contribution in [0.15, 0.2) is 47.4 Å². The van der Waals surface area contributed by atoms with Crippen LogP contribution in [0, 0.1) is 0 Å². The van der Waals surface area contributed by atoms with Gasteiger partial charge in [-0.1, -0.05) is 23.7 Å². The molecular weight excluding hydrogens is 392 g/mol. The maximum absolute atomic E-state index is 12.6. The van der Waals surface area contributed by atoms with Crippen LogP contribution in [0.25, 0.3) is 0 Å². The minimum Gasteiger partial charge on any atom is -0.495 e. The van der Waals surface area contributed by atoms with E-state index < -0.39 is 21.7 Å². The summed E-state index contributed by atoms with van der Waals surface area (Å²) in [6.07, 6.45) is 1.03. The van der Waals surface area contributed by atoms with Gasteiger partial charge in [0.15, 0.2) is 9.84 Å². The number of carbonyl (C=O) groups is 2. The minimum absolute atomic E-state index is 0.00985. The molecule has 0 saturated heterocycles. The zero-order valence-corrected chi connectivity index (χ0v) is 16.6. The van der Waals surface area contributed by atoms with Gasteiger partial charge in [0, 0.05) is 18.3 Å². The maximum atomic E-state index is 12.6. The van der Waals surface area contributed by atoms with Crippen molar-refractivity contribution in [3.05, 3.63) is 53.1 Å². The predicted molar refractivity (Wildman–Crippen MR) is 103 cm³/mol. The fraction of sp³-hybridized carbons (Fsp3) is 0.222. The van der Waals surface area contributed by atoms with Gasteiger partial charge in [-0.2, -0.15) is 0 Å². The van der Waals surface area contributed by atoms with Crippen LogP contribution in [0.2, 0.25) is 5.02 Å². The number of hydrogen-bond donors (Lipinski definition) is 1. The Morgan fingerprint density at radius 3 is 2.48 bits per heavy atom. The molecule has 0 radical (unpaired) electrons. The van der Waals surface area contributed by atoms with Gasteiger partial charge in [-0.25, -0.2) is 8.42 Å².